The lowest BCUT2D eigenvalue weighted by Crippen LogP contribution is -2.49. The monoisotopic (exact) mass is 291 g/mol. The molecule has 5 N–H and O–H groups in total. The first-order valence-corrected chi connectivity index (χ1v) is 7.19. The number of amides is 1. The fourth-order valence-electron chi connectivity index (χ4n) is 2.83. The Morgan fingerprint density at radius 1 is 1.33 bits per heavy atom. The van der Waals surface area contributed by atoms with Crippen LogP contribution in [0.5, 0.6) is 5.75 Å². The van der Waals surface area contributed by atoms with Crippen molar-refractivity contribution in [2.45, 2.75) is 38.1 Å². The summed E-state index contributed by atoms with van der Waals surface area (Å²) in [7, 11) is 0. The zero-order chi connectivity index (χ0) is 15.2. The van der Waals surface area contributed by atoms with Crippen LogP contribution in [0.4, 0.5) is 0 Å². The van der Waals surface area contributed by atoms with Gasteiger partial charge in [0.15, 0.2) is 5.84 Å². The highest BCUT2D eigenvalue weighted by atomic mass is 16.4. The summed E-state index contributed by atoms with van der Waals surface area (Å²) in [4.78, 5) is 12.3. The third kappa shape index (κ3) is 3.87. The van der Waals surface area contributed by atoms with Gasteiger partial charge in [0.25, 0.3) is 5.91 Å². The molecule has 1 atom stereocenters. The predicted molar refractivity (Wildman–Crippen MR) is 79.3 cm³/mol. The number of phenols is 1. The molecule has 6 heteroatoms. The Balaban J connectivity index is 2.12. The molecule has 0 radical (unpaired) electrons. The van der Waals surface area contributed by atoms with Crippen molar-refractivity contribution < 1.29 is 15.1 Å². The smallest absolute Gasteiger partial charge is 0.252 e. The summed E-state index contributed by atoms with van der Waals surface area (Å²) in [6, 6.07) is 5.62. The molecular formula is C15H21N3O3. The maximum atomic E-state index is 12.3. The molecule has 0 bridgehead atoms. The number of carbonyl (C=O) groups excluding carboxylic acids is 1. The minimum atomic E-state index is -0.481. The van der Waals surface area contributed by atoms with Crippen LogP contribution in [0.1, 0.15) is 42.5 Å². The molecule has 0 spiro atoms. The van der Waals surface area contributed by atoms with Crippen molar-refractivity contribution in [1.29, 1.82) is 0 Å². The van der Waals surface area contributed by atoms with Crippen molar-refractivity contribution in [1.82, 2.24) is 5.32 Å². The third-order valence-corrected chi connectivity index (χ3v) is 3.95. The van der Waals surface area contributed by atoms with E-state index in [-0.39, 0.29) is 23.4 Å². The molecule has 21 heavy (non-hydrogen) atoms. The molecule has 1 aliphatic rings. The molecule has 114 valence electrons. The summed E-state index contributed by atoms with van der Waals surface area (Å²) in [5.41, 5.74) is 6.09. The highest BCUT2D eigenvalue weighted by molar-refractivity contribution is 5.98. The molecule has 1 aliphatic carbocycles. The third-order valence-electron chi connectivity index (χ3n) is 3.95. The van der Waals surface area contributed by atoms with Crippen LogP contribution in [0.25, 0.3) is 0 Å². The van der Waals surface area contributed by atoms with Crippen LogP contribution in [-0.2, 0) is 0 Å². The highest BCUT2D eigenvalue weighted by Crippen LogP contribution is 2.27. The first-order chi connectivity index (χ1) is 10.1. The van der Waals surface area contributed by atoms with Crippen LogP contribution in [0.2, 0.25) is 0 Å². The summed E-state index contributed by atoms with van der Waals surface area (Å²) < 4.78 is 0. The number of hydrogen-bond acceptors (Lipinski definition) is 4. The molecule has 1 saturated carbocycles. The molecule has 1 unspecified atom stereocenters. The van der Waals surface area contributed by atoms with E-state index in [0.29, 0.717) is 5.56 Å². The van der Waals surface area contributed by atoms with Crippen molar-refractivity contribution in [3.05, 3.63) is 29.8 Å². The van der Waals surface area contributed by atoms with Gasteiger partial charge < -0.3 is 21.4 Å². The van der Waals surface area contributed by atoms with Gasteiger partial charge in [-0.25, -0.2) is 0 Å². The van der Waals surface area contributed by atoms with E-state index >= 15 is 0 Å². The second kappa shape index (κ2) is 6.97. The molecule has 1 aromatic rings. The number of oxime groups is 1. The Morgan fingerprint density at radius 3 is 2.67 bits per heavy atom. The summed E-state index contributed by atoms with van der Waals surface area (Å²) in [5.74, 6) is -0.111. The molecule has 2 rings (SSSR count). The number of phenolic OH excluding ortho intramolecular Hbond substituents is 1. The van der Waals surface area contributed by atoms with E-state index in [4.69, 9.17) is 10.9 Å². The van der Waals surface area contributed by atoms with Gasteiger partial charge in [-0.2, -0.15) is 0 Å². The number of rotatable bonds is 4. The molecule has 6 nitrogen and oxygen atoms in total. The van der Waals surface area contributed by atoms with Crippen molar-refractivity contribution in [3.63, 3.8) is 0 Å². The minimum Gasteiger partial charge on any atom is -0.508 e. The molecule has 1 aromatic carbocycles. The summed E-state index contributed by atoms with van der Waals surface area (Å²) in [5, 5.41) is 24.2. The fraction of sp³-hybridized carbons (Fsp3) is 0.467. The van der Waals surface area contributed by atoms with Gasteiger partial charge >= 0.3 is 0 Å². The van der Waals surface area contributed by atoms with Gasteiger partial charge in [-0.3, -0.25) is 4.79 Å². The van der Waals surface area contributed by atoms with Gasteiger partial charge in [-0.1, -0.05) is 30.5 Å². The number of nitrogens with zero attached hydrogens (tertiary/aromatic N) is 1. The van der Waals surface area contributed by atoms with Gasteiger partial charge in [-0.15, -0.1) is 0 Å². The molecule has 1 amide bonds. The maximum absolute atomic E-state index is 12.3. The average molecular weight is 291 g/mol. The SMILES string of the molecule is N/C(=N\O)C(NC(=O)c1cccc(O)c1)C1CCCCC1. The number of carbonyl (C=O) groups is 1. The number of benzene rings is 1. The Morgan fingerprint density at radius 2 is 2.05 bits per heavy atom. The molecule has 0 saturated heterocycles. The Bertz CT molecular complexity index is 525. The standard InChI is InChI=1S/C15H21N3O3/c16-14(18-21)13(10-5-2-1-3-6-10)17-15(20)11-7-4-8-12(19)9-11/h4,7-10,13,19,21H,1-3,5-6H2,(H2,16,18)(H,17,20). The van der Waals surface area contributed by atoms with E-state index < -0.39 is 6.04 Å². The maximum Gasteiger partial charge on any atom is 0.252 e. The summed E-state index contributed by atoms with van der Waals surface area (Å²) in [6.07, 6.45) is 5.24. The van der Waals surface area contributed by atoms with Crippen LogP contribution in [0.15, 0.2) is 29.4 Å². The van der Waals surface area contributed by atoms with Crippen molar-refractivity contribution >= 4 is 11.7 Å². The van der Waals surface area contributed by atoms with Crippen LogP contribution < -0.4 is 11.1 Å². The lowest BCUT2D eigenvalue weighted by Gasteiger charge is -2.30. The lowest BCUT2D eigenvalue weighted by molar-refractivity contribution is 0.0930. The van der Waals surface area contributed by atoms with Gasteiger partial charge in [-0.05, 0) is 37.0 Å². The zero-order valence-corrected chi connectivity index (χ0v) is 11.8. The van der Waals surface area contributed by atoms with E-state index in [1.54, 1.807) is 12.1 Å². The zero-order valence-electron chi connectivity index (χ0n) is 11.8. The second-order valence-electron chi connectivity index (χ2n) is 5.42. The largest absolute Gasteiger partial charge is 0.508 e. The average Bonchev–Trinajstić information content (AvgIpc) is 2.52. The molecule has 0 heterocycles. The van der Waals surface area contributed by atoms with Crippen molar-refractivity contribution in [3.8, 4) is 5.75 Å². The van der Waals surface area contributed by atoms with Crippen molar-refractivity contribution in [2.75, 3.05) is 0 Å². The minimum absolute atomic E-state index is 0.0235. The van der Waals surface area contributed by atoms with Gasteiger partial charge in [0, 0.05) is 5.56 Å². The van der Waals surface area contributed by atoms with Gasteiger partial charge in [0.1, 0.15) is 5.75 Å². The number of nitrogens with two attached hydrogens (primary N) is 1. The predicted octanol–water partition coefficient (Wildman–Crippen LogP) is 1.82. The summed E-state index contributed by atoms with van der Waals surface area (Å²) in [6.45, 7) is 0. The van der Waals surface area contributed by atoms with Crippen LogP contribution >= 0.6 is 0 Å². The summed E-state index contributed by atoms with van der Waals surface area (Å²) >= 11 is 0. The topological polar surface area (TPSA) is 108 Å². The number of nitrogens with one attached hydrogen (secondary N) is 1. The lowest BCUT2D eigenvalue weighted by atomic mass is 9.83. The van der Waals surface area contributed by atoms with Crippen molar-refractivity contribution in [2.24, 2.45) is 16.8 Å². The van der Waals surface area contributed by atoms with Crippen LogP contribution in [0.3, 0.4) is 0 Å². The van der Waals surface area contributed by atoms with Crippen LogP contribution in [-0.4, -0.2) is 28.1 Å². The van der Waals surface area contributed by atoms with E-state index in [1.807, 2.05) is 0 Å². The van der Waals surface area contributed by atoms with E-state index in [2.05, 4.69) is 10.5 Å². The molecular weight excluding hydrogens is 270 g/mol. The normalized spacial score (nSPS) is 18.2. The van der Waals surface area contributed by atoms with Gasteiger partial charge in [0.2, 0.25) is 0 Å². The van der Waals surface area contributed by atoms with E-state index in [9.17, 15) is 9.90 Å². The van der Waals surface area contributed by atoms with E-state index in [1.165, 1.54) is 18.6 Å². The Kier molecular flexibility index (Phi) is 5.03. The quantitative estimate of drug-likeness (QED) is 0.294. The first kappa shape index (κ1) is 15.2. The van der Waals surface area contributed by atoms with Crippen LogP contribution in [0, 0.1) is 5.92 Å². The highest BCUT2D eigenvalue weighted by Gasteiger charge is 2.28. The fourth-order valence-corrected chi connectivity index (χ4v) is 2.83. The molecule has 0 aliphatic heterocycles. The number of aromatic hydroxyl groups is 1. The number of hydrogen-bond donors (Lipinski definition) is 4. The molecule has 1 fully saturated rings. The van der Waals surface area contributed by atoms with E-state index in [0.717, 1.165) is 25.7 Å². The second-order valence-corrected chi connectivity index (χ2v) is 5.42. The molecule has 0 aromatic heterocycles. The number of amidine groups is 1. The Hall–Kier alpha value is -2.24. The first-order valence-electron chi connectivity index (χ1n) is 7.19. The Labute approximate surface area is 123 Å². The van der Waals surface area contributed by atoms with Gasteiger partial charge in [0.05, 0.1) is 6.04 Å².